The van der Waals surface area contributed by atoms with E-state index in [1.165, 1.54) is 16.2 Å². The minimum Gasteiger partial charge on any atom is -0.307 e. The van der Waals surface area contributed by atoms with Crippen LogP contribution in [0.4, 0.5) is 0 Å². The van der Waals surface area contributed by atoms with Crippen molar-refractivity contribution in [3.63, 3.8) is 0 Å². The molecule has 1 unspecified atom stereocenters. The van der Waals surface area contributed by atoms with E-state index in [1.54, 1.807) is 0 Å². The summed E-state index contributed by atoms with van der Waals surface area (Å²) in [6.07, 6.45) is 3.09. The molecule has 3 aromatic carbocycles. The van der Waals surface area contributed by atoms with Crippen molar-refractivity contribution in [1.29, 1.82) is 0 Å². The van der Waals surface area contributed by atoms with Gasteiger partial charge in [-0.3, -0.25) is 0 Å². The van der Waals surface area contributed by atoms with E-state index in [2.05, 4.69) is 122 Å². The van der Waals surface area contributed by atoms with Crippen LogP contribution in [0.2, 0.25) is 0 Å². The molecule has 0 bridgehead atoms. The van der Waals surface area contributed by atoms with E-state index in [9.17, 15) is 0 Å². The summed E-state index contributed by atoms with van der Waals surface area (Å²) in [5.41, 5.74) is 4.76. The first-order valence-corrected chi connectivity index (χ1v) is 11.9. The zero-order valence-corrected chi connectivity index (χ0v) is 18.5. The van der Waals surface area contributed by atoms with Gasteiger partial charge in [0, 0.05) is 12.1 Å². The summed E-state index contributed by atoms with van der Waals surface area (Å²) in [5.74, 6) is 0.790. The lowest BCUT2D eigenvalue weighted by molar-refractivity contribution is 0.444. The molecule has 3 aromatic rings. The standard InChI is InChI=1S/C26H31N2P/c1-21(2)26(28-27-19-22(3)23-13-7-4-8-14-23)20-29(24-15-9-5-10-16-24)25-17-11-6-12-18-25/h4-19,21-22,26,28H,20H2,1-3H3/b27-19+/t22?,26-/m1/s1. The normalized spacial score (nSPS) is 13.7. The van der Waals surface area contributed by atoms with E-state index in [-0.39, 0.29) is 0 Å². The van der Waals surface area contributed by atoms with Gasteiger partial charge in [-0.2, -0.15) is 5.10 Å². The lowest BCUT2D eigenvalue weighted by Gasteiger charge is -2.27. The average molecular weight is 403 g/mol. The third-order valence-corrected chi connectivity index (χ3v) is 7.79. The van der Waals surface area contributed by atoms with E-state index in [1.807, 2.05) is 6.21 Å². The van der Waals surface area contributed by atoms with Crippen LogP contribution in [0.15, 0.2) is 96.1 Å². The fraction of sp³-hybridized carbons (Fsp3) is 0.269. The van der Waals surface area contributed by atoms with Crippen LogP contribution >= 0.6 is 7.92 Å². The lowest BCUT2D eigenvalue weighted by atomic mass is 10.0. The number of nitrogens with one attached hydrogen (secondary N) is 1. The van der Waals surface area contributed by atoms with Gasteiger partial charge in [-0.15, -0.1) is 0 Å². The summed E-state index contributed by atoms with van der Waals surface area (Å²) in [6, 6.07) is 32.6. The van der Waals surface area contributed by atoms with Crippen molar-refractivity contribution in [3.8, 4) is 0 Å². The minimum atomic E-state index is -0.435. The number of nitrogens with zero attached hydrogens (tertiary/aromatic N) is 1. The molecule has 2 atom stereocenters. The molecule has 29 heavy (non-hydrogen) atoms. The van der Waals surface area contributed by atoms with Crippen LogP contribution in [-0.2, 0) is 0 Å². The van der Waals surface area contributed by atoms with Gasteiger partial charge in [-0.25, -0.2) is 0 Å². The first kappa shape index (κ1) is 21.3. The van der Waals surface area contributed by atoms with Crippen molar-refractivity contribution in [2.45, 2.75) is 32.7 Å². The van der Waals surface area contributed by atoms with Crippen LogP contribution in [0.1, 0.15) is 32.3 Å². The van der Waals surface area contributed by atoms with Gasteiger partial charge in [0.25, 0.3) is 0 Å². The first-order chi connectivity index (χ1) is 14.1. The molecule has 0 heterocycles. The first-order valence-electron chi connectivity index (χ1n) is 10.4. The Hall–Kier alpha value is -2.44. The SMILES string of the molecule is CC(/C=N/N[C@H](CP(c1ccccc1)c1ccccc1)C(C)C)c1ccccc1. The van der Waals surface area contributed by atoms with Gasteiger partial charge in [0.05, 0.1) is 6.04 Å². The van der Waals surface area contributed by atoms with Gasteiger partial charge in [0.15, 0.2) is 0 Å². The third-order valence-electron chi connectivity index (χ3n) is 5.18. The largest absolute Gasteiger partial charge is 0.307 e. The molecule has 0 aliphatic rings. The molecule has 0 saturated carbocycles. The molecule has 0 radical (unpaired) electrons. The number of hydrogen-bond acceptors (Lipinski definition) is 2. The van der Waals surface area contributed by atoms with Crippen molar-refractivity contribution in [2.24, 2.45) is 11.0 Å². The second kappa shape index (κ2) is 10.9. The van der Waals surface area contributed by atoms with Crippen molar-refractivity contribution < 1.29 is 0 Å². The smallest absolute Gasteiger partial charge is 0.0508 e. The van der Waals surface area contributed by atoms with Gasteiger partial charge in [0.1, 0.15) is 0 Å². The summed E-state index contributed by atoms with van der Waals surface area (Å²) in [6.45, 7) is 6.74. The highest BCUT2D eigenvalue weighted by Crippen LogP contribution is 2.35. The topological polar surface area (TPSA) is 24.4 Å². The number of hydrazone groups is 1. The number of rotatable bonds is 9. The van der Waals surface area contributed by atoms with E-state index in [0.29, 0.717) is 17.9 Å². The van der Waals surface area contributed by atoms with Crippen LogP contribution in [-0.4, -0.2) is 18.4 Å². The zero-order chi connectivity index (χ0) is 20.5. The van der Waals surface area contributed by atoms with E-state index in [0.717, 1.165) is 6.16 Å². The highest BCUT2D eigenvalue weighted by molar-refractivity contribution is 7.73. The van der Waals surface area contributed by atoms with Gasteiger partial charge >= 0.3 is 0 Å². The van der Waals surface area contributed by atoms with Gasteiger partial charge in [-0.05, 0) is 36.2 Å². The van der Waals surface area contributed by atoms with Crippen molar-refractivity contribution in [1.82, 2.24) is 5.43 Å². The van der Waals surface area contributed by atoms with Crippen LogP contribution in [0.5, 0.6) is 0 Å². The quantitative estimate of drug-likeness (QED) is 0.284. The van der Waals surface area contributed by atoms with Gasteiger partial charge in [-0.1, -0.05) is 112 Å². The molecule has 0 saturated heterocycles. The Balaban J connectivity index is 1.74. The van der Waals surface area contributed by atoms with Gasteiger partial charge < -0.3 is 5.43 Å². The maximum absolute atomic E-state index is 4.65. The Kier molecular flexibility index (Phi) is 8.02. The fourth-order valence-electron chi connectivity index (χ4n) is 3.27. The summed E-state index contributed by atoms with van der Waals surface area (Å²) in [4.78, 5) is 0. The second-order valence-electron chi connectivity index (χ2n) is 7.74. The third kappa shape index (κ3) is 6.27. The molecule has 0 amide bonds. The summed E-state index contributed by atoms with van der Waals surface area (Å²) >= 11 is 0. The lowest BCUT2D eigenvalue weighted by Crippen LogP contribution is -2.35. The molecule has 1 N–H and O–H groups in total. The zero-order valence-electron chi connectivity index (χ0n) is 17.6. The Bertz CT molecular complexity index is 823. The Labute approximate surface area is 176 Å². The van der Waals surface area contributed by atoms with E-state index >= 15 is 0 Å². The molecule has 0 aliphatic carbocycles. The Morgan fingerprint density at radius 1 is 0.759 bits per heavy atom. The molecule has 3 rings (SSSR count). The van der Waals surface area contributed by atoms with Crippen LogP contribution in [0.25, 0.3) is 0 Å². The minimum absolute atomic E-state index is 0.293. The maximum Gasteiger partial charge on any atom is 0.0508 e. The van der Waals surface area contributed by atoms with Crippen LogP contribution in [0, 0.1) is 5.92 Å². The molecular formula is C26H31N2P. The maximum atomic E-state index is 4.65. The molecule has 0 fully saturated rings. The Morgan fingerprint density at radius 2 is 1.24 bits per heavy atom. The highest BCUT2D eigenvalue weighted by Gasteiger charge is 2.21. The second-order valence-corrected chi connectivity index (χ2v) is 9.99. The van der Waals surface area contributed by atoms with Gasteiger partial charge in [0.2, 0.25) is 0 Å². The van der Waals surface area contributed by atoms with Crippen molar-refractivity contribution in [3.05, 3.63) is 96.6 Å². The average Bonchev–Trinajstić information content (AvgIpc) is 2.77. The summed E-state index contributed by atoms with van der Waals surface area (Å²) in [7, 11) is -0.435. The monoisotopic (exact) mass is 402 g/mol. The highest BCUT2D eigenvalue weighted by atomic mass is 31.1. The molecule has 150 valence electrons. The van der Waals surface area contributed by atoms with Crippen LogP contribution in [0.3, 0.4) is 0 Å². The van der Waals surface area contributed by atoms with Crippen LogP contribution < -0.4 is 16.0 Å². The molecular weight excluding hydrogens is 371 g/mol. The predicted octanol–water partition coefficient (Wildman–Crippen LogP) is 5.52. The number of benzene rings is 3. The molecule has 0 aromatic heterocycles. The van der Waals surface area contributed by atoms with Crippen molar-refractivity contribution in [2.75, 3.05) is 6.16 Å². The fourth-order valence-corrected chi connectivity index (χ4v) is 5.95. The Morgan fingerprint density at radius 3 is 1.72 bits per heavy atom. The van der Waals surface area contributed by atoms with Crippen molar-refractivity contribution >= 4 is 24.7 Å². The number of hydrogen-bond donors (Lipinski definition) is 1. The summed E-state index contributed by atoms with van der Waals surface area (Å²) < 4.78 is 0. The molecule has 2 nitrogen and oxygen atoms in total. The molecule has 0 aliphatic heterocycles. The van der Waals surface area contributed by atoms with E-state index < -0.39 is 7.92 Å². The summed E-state index contributed by atoms with van der Waals surface area (Å²) in [5, 5.41) is 7.48. The van der Waals surface area contributed by atoms with E-state index in [4.69, 9.17) is 0 Å². The predicted molar refractivity (Wildman–Crippen MR) is 129 cm³/mol. The molecule has 3 heteroatoms. The molecule has 0 spiro atoms.